The number of thioether (sulfide) groups is 1. The average Bonchev–Trinajstić information content (AvgIpc) is 2.83. The number of rotatable bonds is 7. The SMILES string of the molecule is O=C(Nc1cccc(SC(C(=O)Nc2cccc(Cl)c2)c2ccccc2)c1)c1ccccc1F. The predicted octanol–water partition coefficient (Wildman–Crippen LogP) is 7.20. The molecule has 4 rings (SSSR count). The highest BCUT2D eigenvalue weighted by atomic mass is 35.5. The number of nitrogens with one attached hydrogen (secondary N) is 2. The lowest BCUT2D eigenvalue weighted by molar-refractivity contribution is -0.115. The zero-order chi connectivity index (χ0) is 23.9. The molecule has 0 spiro atoms. The lowest BCUT2D eigenvalue weighted by Crippen LogP contribution is -2.19. The van der Waals surface area contributed by atoms with Gasteiger partial charge in [0.2, 0.25) is 5.91 Å². The van der Waals surface area contributed by atoms with Crippen molar-refractivity contribution in [1.29, 1.82) is 0 Å². The van der Waals surface area contributed by atoms with E-state index in [2.05, 4.69) is 10.6 Å². The van der Waals surface area contributed by atoms with E-state index in [9.17, 15) is 14.0 Å². The highest BCUT2D eigenvalue weighted by molar-refractivity contribution is 8.00. The maximum atomic E-state index is 14.0. The molecule has 0 fully saturated rings. The molecule has 0 aliphatic heterocycles. The molecule has 0 aliphatic carbocycles. The molecule has 0 heterocycles. The van der Waals surface area contributed by atoms with Gasteiger partial charge in [-0.15, -0.1) is 11.8 Å². The Kier molecular flexibility index (Phi) is 7.62. The summed E-state index contributed by atoms with van der Waals surface area (Å²) in [6.07, 6.45) is 0. The molecular formula is C27H20ClFN2O2S. The fourth-order valence-corrected chi connectivity index (χ4v) is 4.58. The highest BCUT2D eigenvalue weighted by Crippen LogP contribution is 2.37. The van der Waals surface area contributed by atoms with Gasteiger partial charge >= 0.3 is 0 Å². The van der Waals surface area contributed by atoms with E-state index in [-0.39, 0.29) is 11.5 Å². The van der Waals surface area contributed by atoms with E-state index in [4.69, 9.17) is 11.6 Å². The van der Waals surface area contributed by atoms with Crippen molar-refractivity contribution in [3.05, 3.63) is 125 Å². The molecule has 7 heteroatoms. The van der Waals surface area contributed by atoms with Crippen LogP contribution in [0.3, 0.4) is 0 Å². The van der Waals surface area contributed by atoms with Gasteiger partial charge in [0, 0.05) is 21.3 Å². The summed E-state index contributed by atoms with van der Waals surface area (Å²) in [5.41, 5.74) is 1.89. The van der Waals surface area contributed by atoms with E-state index < -0.39 is 17.0 Å². The molecule has 1 unspecified atom stereocenters. The second-order valence-corrected chi connectivity index (χ2v) is 8.98. The van der Waals surface area contributed by atoms with Gasteiger partial charge in [-0.3, -0.25) is 9.59 Å². The molecular weight excluding hydrogens is 471 g/mol. The van der Waals surface area contributed by atoms with Crippen LogP contribution in [0.1, 0.15) is 21.2 Å². The molecule has 2 amide bonds. The van der Waals surface area contributed by atoms with Crippen LogP contribution in [-0.4, -0.2) is 11.8 Å². The molecule has 4 aromatic carbocycles. The summed E-state index contributed by atoms with van der Waals surface area (Å²) in [7, 11) is 0. The molecule has 0 aliphatic rings. The van der Waals surface area contributed by atoms with Crippen LogP contribution in [-0.2, 0) is 4.79 Å². The van der Waals surface area contributed by atoms with E-state index in [1.54, 1.807) is 48.5 Å². The Hall–Kier alpha value is -3.61. The van der Waals surface area contributed by atoms with Crippen molar-refractivity contribution >= 4 is 46.6 Å². The van der Waals surface area contributed by atoms with Crippen LogP contribution in [0.4, 0.5) is 15.8 Å². The molecule has 170 valence electrons. The summed E-state index contributed by atoms with van der Waals surface area (Å²) in [5, 5.41) is 5.61. The van der Waals surface area contributed by atoms with Crippen LogP contribution in [0.5, 0.6) is 0 Å². The monoisotopic (exact) mass is 490 g/mol. The van der Waals surface area contributed by atoms with Crippen LogP contribution in [0, 0.1) is 5.82 Å². The minimum atomic E-state index is -0.590. The van der Waals surface area contributed by atoms with Gasteiger partial charge in [-0.2, -0.15) is 0 Å². The standard InChI is InChI=1S/C27H20ClFN2O2S/c28-19-10-6-11-20(16-19)31-27(33)25(18-8-2-1-3-9-18)34-22-13-7-12-21(17-22)30-26(32)23-14-4-5-15-24(23)29/h1-17,25H,(H,30,32)(H,31,33). The molecule has 2 N–H and O–H groups in total. The number of carbonyl (C=O) groups is 2. The molecule has 0 aromatic heterocycles. The van der Waals surface area contributed by atoms with Gasteiger partial charge in [-0.1, -0.05) is 66.2 Å². The number of anilines is 2. The van der Waals surface area contributed by atoms with Crippen LogP contribution < -0.4 is 10.6 Å². The predicted molar refractivity (Wildman–Crippen MR) is 136 cm³/mol. The van der Waals surface area contributed by atoms with Gasteiger partial charge in [0.15, 0.2) is 0 Å². The first-order valence-electron chi connectivity index (χ1n) is 10.4. The topological polar surface area (TPSA) is 58.2 Å². The lowest BCUT2D eigenvalue weighted by atomic mass is 10.1. The summed E-state index contributed by atoms with van der Waals surface area (Å²) in [6, 6.07) is 29.3. The molecule has 34 heavy (non-hydrogen) atoms. The van der Waals surface area contributed by atoms with Crippen molar-refractivity contribution in [3.8, 4) is 0 Å². The number of carbonyl (C=O) groups excluding carboxylic acids is 2. The highest BCUT2D eigenvalue weighted by Gasteiger charge is 2.22. The van der Waals surface area contributed by atoms with Gasteiger partial charge in [0.1, 0.15) is 11.1 Å². The van der Waals surface area contributed by atoms with Crippen molar-refractivity contribution in [3.63, 3.8) is 0 Å². The van der Waals surface area contributed by atoms with Crippen LogP contribution in [0.2, 0.25) is 5.02 Å². The Morgan fingerprint density at radius 3 is 2.18 bits per heavy atom. The largest absolute Gasteiger partial charge is 0.325 e. The van der Waals surface area contributed by atoms with E-state index in [1.807, 2.05) is 36.4 Å². The van der Waals surface area contributed by atoms with Gasteiger partial charge < -0.3 is 10.6 Å². The van der Waals surface area contributed by atoms with Crippen LogP contribution >= 0.6 is 23.4 Å². The summed E-state index contributed by atoms with van der Waals surface area (Å²) >= 11 is 7.40. The smallest absolute Gasteiger partial charge is 0.258 e. The zero-order valence-corrected chi connectivity index (χ0v) is 19.4. The summed E-state index contributed by atoms with van der Waals surface area (Å²) < 4.78 is 14.0. The van der Waals surface area contributed by atoms with Crippen molar-refractivity contribution in [2.45, 2.75) is 10.1 Å². The van der Waals surface area contributed by atoms with Crippen molar-refractivity contribution in [2.24, 2.45) is 0 Å². The van der Waals surface area contributed by atoms with Crippen LogP contribution in [0.15, 0.2) is 108 Å². The maximum Gasteiger partial charge on any atom is 0.258 e. The second kappa shape index (κ2) is 11.0. The fourth-order valence-electron chi connectivity index (χ4n) is 3.30. The summed E-state index contributed by atoms with van der Waals surface area (Å²) in [4.78, 5) is 26.5. The van der Waals surface area contributed by atoms with E-state index >= 15 is 0 Å². The lowest BCUT2D eigenvalue weighted by Gasteiger charge is -2.18. The Morgan fingerprint density at radius 2 is 1.44 bits per heavy atom. The molecule has 0 bridgehead atoms. The Bertz CT molecular complexity index is 1320. The molecule has 0 saturated heterocycles. The molecule has 4 nitrogen and oxygen atoms in total. The van der Waals surface area contributed by atoms with Crippen molar-refractivity contribution in [2.75, 3.05) is 10.6 Å². The van der Waals surface area contributed by atoms with Crippen LogP contribution in [0.25, 0.3) is 0 Å². The van der Waals surface area contributed by atoms with Gasteiger partial charge in [-0.25, -0.2) is 4.39 Å². The first-order chi connectivity index (χ1) is 16.5. The first kappa shape index (κ1) is 23.5. The fraction of sp³-hybridized carbons (Fsp3) is 0.0370. The van der Waals surface area contributed by atoms with Gasteiger partial charge in [0.05, 0.1) is 5.56 Å². The Labute approximate surface area is 206 Å². The van der Waals surface area contributed by atoms with Gasteiger partial charge in [-0.05, 0) is 54.1 Å². The third-order valence-corrected chi connectivity index (χ3v) is 6.38. The average molecular weight is 491 g/mol. The van der Waals surface area contributed by atoms with E-state index in [1.165, 1.54) is 30.0 Å². The minimum absolute atomic E-state index is 0.0383. The molecule has 0 radical (unpaired) electrons. The minimum Gasteiger partial charge on any atom is -0.325 e. The summed E-state index contributed by atoms with van der Waals surface area (Å²) in [6.45, 7) is 0. The zero-order valence-electron chi connectivity index (χ0n) is 17.9. The number of benzene rings is 4. The molecule has 4 aromatic rings. The second-order valence-electron chi connectivity index (χ2n) is 7.37. The first-order valence-corrected chi connectivity index (χ1v) is 11.7. The number of halogens is 2. The van der Waals surface area contributed by atoms with E-state index in [0.29, 0.717) is 16.4 Å². The quantitative estimate of drug-likeness (QED) is 0.269. The third-order valence-electron chi connectivity index (χ3n) is 4.90. The number of amides is 2. The molecule has 1 atom stereocenters. The third kappa shape index (κ3) is 6.04. The number of hydrogen-bond donors (Lipinski definition) is 2. The van der Waals surface area contributed by atoms with E-state index in [0.717, 1.165) is 10.5 Å². The van der Waals surface area contributed by atoms with Crippen molar-refractivity contribution in [1.82, 2.24) is 0 Å². The Morgan fingerprint density at radius 1 is 0.765 bits per heavy atom. The Balaban J connectivity index is 1.55. The summed E-state index contributed by atoms with van der Waals surface area (Å²) in [5.74, 6) is -1.34. The van der Waals surface area contributed by atoms with Gasteiger partial charge in [0.25, 0.3) is 5.91 Å². The molecule has 0 saturated carbocycles. The maximum absolute atomic E-state index is 14.0. The normalized spacial score (nSPS) is 11.5. The number of hydrogen-bond acceptors (Lipinski definition) is 3. The van der Waals surface area contributed by atoms with Crippen molar-refractivity contribution < 1.29 is 14.0 Å².